The van der Waals surface area contributed by atoms with Gasteiger partial charge in [0.2, 0.25) is 0 Å². The van der Waals surface area contributed by atoms with E-state index in [1.807, 2.05) is 14.0 Å². The van der Waals surface area contributed by atoms with Crippen molar-refractivity contribution in [2.75, 3.05) is 20.1 Å². The van der Waals surface area contributed by atoms with E-state index in [1.54, 1.807) is 48.3 Å². The Morgan fingerprint density at radius 1 is 1.27 bits per heavy atom. The topological polar surface area (TPSA) is 117 Å². The first-order valence-electron chi connectivity index (χ1n) is 10.7. The van der Waals surface area contributed by atoms with Crippen molar-refractivity contribution in [1.82, 2.24) is 24.2 Å². The van der Waals surface area contributed by atoms with Gasteiger partial charge in [-0.05, 0) is 44.5 Å². The lowest BCUT2D eigenvalue weighted by Crippen LogP contribution is -2.44. The minimum Gasteiger partial charge on any atom is -0.465 e. The summed E-state index contributed by atoms with van der Waals surface area (Å²) in [6.45, 7) is 5.04. The summed E-state index contributed by atoms with van der Waals surface area (Å²) in [5, 5.41) is 12.5. The van der Waals surface area contributed by atoms with Crippen LogP contribution in [0, 0.1) is 12.8 Å². The van der Waals surface area contributed by atoms with Crippen LogP contribution in [0.3, 0.4) is 0 Å². The van der Waals surface area contributed by atoms with Gasteiger partial charge in [0.1, 0.15) is 5.52 Å². The van der Waals surface area contributed by atoms with Gasteiger partial charge in [-0.1, -0.05) is 24.6 Å². The van der Waals surface area contributed by atoms with Crippen molar-refractivity contribution < 1.29 is 18.3 Å². The third-order valence-corrected chi connectivity index (χ3v) is 9.35. The summed E-state index contributed by atoms with van der Waals surface area (Å²) in [6.07, 6.45) is 2.97. The largest absolute Gasteiger partial charge is 0.465 e. The van der Waals surface area contributed by atoms with E-state index in [-0.39, 0.29) is 21.2 Å². The number of rotatable bonds is 6. The van der Waals surface area contributed by atoms with Gasteiger partial charge in [0.25, 0.3) is 10.0 Å². The molecular weight excluding hydrogens is 462 g/mol. The van der Waals surface area contributed by atoms with Gasteiger partial charge in [-0.3, -0.25) is 0 Å². The first-order valence-corrected chi connectivity index (χ1v) is 13.1. The lowest BCUT2D eigenvalue weighted by Gasteiger charge is -2.36. The van der Waals surface area contributed by atoms with Crippen LogP contribution in [0.1, 0.15) is 30.0 Å². The Labute approximate surface area is 197 Å². The summed E-state index contributed by atoms with van der Waals surface area (Å²) >= 11 is 1.62. The van der Waals surface area contributed by atoms with E-state index in [1.165, 1.54) is 11.1 Å². The Balaban J connectivity index is 1.60. The zero-order valence-corrected chi connectivity index (χ0v) is 20.3. The highest BCUT2D eigenvalue weighted by atomic mass is 32.2. The van der Waals surface area contributed by atoms with E-state index in [0.717, 1.165) is 16.0 Å². The van der Waals surface area contributed by atoms with Crippen LogP contribution >= 0.6 is 11.8 Å². The number of hydrogen-bond acceptors (Lipinski definition) is 7. The second kappa shape index (κ2) is 9.32. The maximum absolute atomic E-state index is 13.1. The summed E-state index contributed by atoms with van der Waals surface area (Å²) in [4.78, 5) is 22.2. The van der Waals surface area contributed by atoms with Gasteiger partial charge in [0.15, 0.2) is 5.65 Å². The standard InChI is InChI=1S/C22H27N5O4S2/c1-14-4-6-16(7-5-14)33(30,31)27-11-9-17-20(27)24-12-18(25-17)21(23-3)32-19-13-26(22(28)29)10-8-15(19)2/h4-7,9,11-12,15,19,21,23H,8,10,13H2,1-3H3,(H,28,29). The third kappa shape index (κ3) is 4.71. The SMILES string of the molecule is CNC(SC1CN(C(=O)O)CCC1C)c1cnc2c(ccn2S(=O)(=O)c2ccc(C)cc2)n1. The van der Waals surface area contributed by atoms with Gasteiger partial charge in [0, 0.05) is 24.5 Å². The first-order chi connectivity index (χ1) is 15.7. The molecule has 3 aromatic rings. The quantitative estimate of drug-likeness (QED) is 0.507. The van der Waals surface area contributed by atoms with E-state index < -0.39 is 16.1 Å². The Kier molecular flexibility index (Phi) is 6.64. The number of hydrogen-bond donors (Lipinski definition) is 2. The van der Waals surface area contributed by atoms with Crippen LogP contribution in [0.15, 0.2) is 47.6 Å². The summed E-state index contributed by atoms with van der Waals surface area (Å²) in [5.41, 5.74) is 2.39. The Morgan fingerprint density at radius 3 is 2.67 bits per heavy atom. The van der Waals surface area contributed by atoms with E-state index in [2.05, 4.69) is 22.2 Å². The Bertz CT molecular complexity index is 1260. The lowest BCUT2D eigenvalue weighted by atomic mass is 9.99. The van der Waals surface area contributed by atoms with Gasteiger partial charge in [-0.25, -0.2) is 27.2 Å². The van der Waals surface area contributed by atoms with Gasteiger partial charge >= 0.3 is 6.09 Å². The molecular formula is C22H27N5O4S2. The van der Waals surface area contributed by atoms with Gasteiger partial charge in [-0.15, -0.1) is 11.8 Å². The van der Waals surface area contributed by atoms with Gasteiger partial charge in [-0.2, -0.15) is 0 Å². The number of benzene rings is 1. The molecule has 0 spiro atoms. The zero-order chi connectivity index (χ0) is 23.8. The smallest absolute Gasteiger partial charge is 0.407 e. The predicted octanol–water partition coefficient (Wildman–Crippen LogP) is 3.32. The van der Waals surface area contributed by atoms with Gasteiger partial charge in [0.05, 0.1) is 22.2 Å². The molecule has 2 aromatic heterocycles. The zero-order valence-electron chi connectivity index (χ0n) is 18.7. The first kappa shape index (κ1) is 23.5. The monoisotopic (exact) mass is 489 g/mol. The fourth-order valence-corrected chi connectivity index (χ4v) is 6.60. The molecule has 0 bridgehead atoms. The number of likely N-dealkylation sites (tertiary alicyclic amines) is 1. The molecule has 1 amide bonds. The number of nitrogens with one attached hydrogen (secondary N) is 1. The van der Waals surface area contributed by atoms with Gasteiger partial charge < -0.3 is 15.3 Å². The molecule has 11 heteroatoms. The molecule has 176 valence electrons. The van der Waals surface area contributed by atoms with Crippen molar-refractivity contribution >= 4 is 39.0 Å². The number of nitrogens with zero attached hydrogens (tertiary/aromatic N) is 4. The Morgan fingerprint density at radius 2 is 2.00 bits per heavy atom. The molecule has 0 radical (unpaired) electrons. The van der Waals surface area contributed by atoms with E-state index >= 15 is 0 Å². The third-order valence-electron chi connectivity index (χ3n) is 5.95. The molecule has 0 aliphatic carbocycles. The molecule has 0 saturated carbocycles. The molecule has 9 nitrogen and oxygen atoms in total. The molecule has 3 heterocycles. The van der Waals surface area contributed by atoms with Crippen molar-refractivity contribution in [3.63, 3.8) is 0 Å². The van der Waals surface area contributed by atoms with Crippen LogP contribution in [0.4, 0.5) is 4.79 Å². The normalized spacial score (nSPS) is 20.2. The molecule has 33 heavy (non-hydrogen) atoms. The Hall–Kier alpha value is -2.63. The molecule has 1 saturated heterocycles. The number of aromatic nitrogens is 3. The maximum atomic E-state index is 13.1. The van der Waals surface area contributed by atoms with Crippen LogP contribution in [0.5, 0.6) is 0 Å². The van der Waals surface area contributed by atoms with E-state index in [4.69, 9.17) is 0 Å². The molecule has 1 aromatic carbocycles. The molecule has 3 unspecified atom stereocenters. The average Bonchev–Trinajstić information content (AvgIpc) is 3.23. The number of carbonyl (C=O) groups is 1. The highest BCUT2D eigenvalue weighted by molar-refractivity contribution is 8.00. The molecule has 2 N–H and O–H groups in total. The molecule has 1 aliphatic rings. The second-order valence-corrected chi connectivity index (χ2v) is 11.4. The van der Waals surface area contributed by atoms with Crippen LogP contribution in [0.2, 0.25) is 0 Å². The fourth-order valence-electron chi connectivity index (χ4n) is 3.89. The summed E-state index contributed by atoms with van der Waals surface area (Å²) in [6, 6.07) is 8.32. The molecule has 3 atom stereocenters. The minimum absolute atomic E-state index is 0.108. The molecule has 1 aliphatic heterocycles. The lowest BCUT2D eigenvalue weighted by molar-refractivity contribution is 0.129. The highest BCUT2D eigenvalue weighted by Gasteiger charge is 2.32. The predicted molar refractivity (Wildman–Crippen MR) is 128 cm³/mol. The number of aryl methyl sites for hydroxylation is 1. The number of amides is 1. The second-order valence-electron chi connectivity index (χ2n) is 8.27. The van der Waals surface area contributed by atoms with Crippen LogP contribution in [-0.4, -0.2) is 63.8 Å². The fraction of sp³-hybridized carbons (Fsp3) is 0.409. The number of carboxylic acid groups (broad SMARTS) is 1. The molecule has 4 rings (SSSR count). The van der Waals surface area contributed by atoms with Crippen molar-refractivity contribution in [2.45, 2.75) is 35.8 Å². The van der Waals surface area contributed by atoms with Crippen LogP contribution in [-0.2, 0) is 10.0 Å². The van der Waals surface area contributed by atoms with E-state index in [0.29, 0.717) is 30.2 Å². The van der Waals surface area contributed by atoms with Crippen molar-refractivity contribution in [3.05, 3.63) is 54.0 Å². The summed E-state index contributed by atoms with van der Waals surface area (Å²) in [7, 11) is -1.97. The highest BCUT2D eigenvalue weighted by Crippen LogP contribution is 2.36. The number of piperidine rings is 1. The number of fused-ring (bicyclic) bond motifs is 1. The van der Waals surface area contributed by atoms with Crippen molar-refractivity contribution in [3.8, 4) is 0 Å². The van der Waals surface area contributed by atoms with Crippen LogP contribution < -0.4 is 5.32 Å². The van der Waals surface area contributed by atoms with E-state index in [9.17, 15) is 18.3 Å². The number of thioether (sulfide) groups is 1. The van der Waals surface area contributed by atoms with Crippen molar-refractivity contribution in [2.24, 2.45) is 5.92 Å². The van der Waals surface area contributed by atoms with Crippen molar-refractivity contribution in [1.29, 1.82) is 0 Å². The average molecular weight is 490 g/mol. The summed E-state index contributed by atoms with van der Waals surface area (Å²) < 4.78 is 27.4. The van der Waals surface area contributed by atoms with Crippen LogP contribution in [0.25, 0.3) is 11.2 Å². The molecule has 1 fully saturated rings. The summed E-state index contributed by atoms with van der Waals surface area (Å²) in [5.74, 6) is 0.360. The minimum atomic E-state index is -3.79. The maximum Gasteiger partial charge on any atom is 0.407 e.